The molecule has 2 nitrogen and oxygen atoms in total. The first-order valence-corrected chi connectivity index (χ1v) is 6.42. The topological polar surface area (TPSA) is 34.1 Å². The molecule has 0 saturated heterocycles. The van der Waals surface area contributed by atoms with Crippen molar-refractivity contribution >= 4 is 28.2 Å². The summed E-state index contributed by atoms with van der Waals surface area (Å²) in [4.78, 5) is 11.6. The maximum absolute atomic E-state index is 11.6. The van der Waals surface area contributed by atoms with Crippen LogP contribution in [0, 0.1) is 0 Å². The summed E-state index contributed by atoms with van der Waals surface area (Å²) in [5.41, 5.74) is 0.563. The summed E-state index contributed by atoms with van der Waals surface area (Å²) in [7, 11) is -1.09. The third-order valence-electron chi connectivity index (χ3n) is 1.97. The molecule has 1 unspecified atom stereocenters. The minimum atomic E-state index is -1.09. The molecule has 82 valence electrons. The molecule has 0 saturated carbocycles. The van der Waals surface area contributed by atoms with Gasteiger partial charge < -0.3 is 0 Å². The number of carbonyl (C=O) groups excluding carboxylic acids is 1. The summed E-state index contributed by atoms with van der Waals surface area (Å²) < 4.78 is 11.5. The lowest BCUT2D eigenvalue weighted by molar-refractivity contribution is 0.102. The average Bonchev–Trinajstić information content (AvgIpc) is 2.18. The highest BCUT2D eigenvalue weighted by Gasteiger charge is 2.12. The number of carbonyl (C=O) groups is 1. The van der Waals surface area contributed by atoms with Crippen molar-refractivity contribution in [2.24, 2.45) is 0 Å². The van der Waals surface area contributed by atoms with Gasteiger partial charge in [0.15, 0.2) is 5.78 Å². The Morgan fingerprint density at radius 2 is 1.87 bits per heavy atom. The van der Waals surface area contributed by atoms with Crippen LogP contribution in [0.3, 0.4) is 0 Å². The number of ketones is 1. The minimum absolute atomic E-state index is 0.0150. The summed E-state index contributed by atoms with van der Waals surface area (Å²) in [6.07, 6.45) is 0. The Morgan fingerprint density at radius 3 is 2.33 bits per heavy atom. The molecule has 0 bridgehead atoms. The molecule has 0 amide bonds. The van der Waals surface area contributed by atoms with Crippen LogP contribution in [-0.2, 0) is 10.8 Å². The van der Waals surface area contributed by atoms with Gasteiger partial charge in [-0.2, -0.15) is 0 Å². The first kappa shape index (κ1) is 12.4. The SMILES string of the molecule is CC(C)S(=O)CC(=O)c1ccc(Cl)cc1. The van der Waals surface area contributed by atoms with Gasteiger partial charge in [-0.1, -0.05) is 25.4 Å². The van der Waals surface area contributed by atoms with Crippen LogP contribution in [-0.4, -0.2) is 21.0 Å². The van der Waals surface area contributed by atoms with Gasteiger partial charge in [-0.25, -0.2) is 0 Å². The molecule has 0 fully saturated rings. The lowest BCUT2D eigenvalue weighted by Gasteiger charge is -2.04. The van der Waals surface area contributed by atoms with E-state index in [0.29, 0.717) is 10.6 Å². The molecular formula is C11H13ClO2S. The number of hydrogen-bond donors (Lipinski definition) is 0. The highest BCUT2D eigenvalue weighted by molar-refractivity contribution is 7.86. The van der Waals surface area contributed by atoms with E-state index < -0.39 is 10.8 Å². The van der Waals surface area contributed by atoms with E-state index >= 15 is 0 Å². The van der Waals surface area contributed by atoms with E-state index in [1.54, 1.807) is 24.3 Å². The predicted octanol–water partition coefficient (Wildman–Crippen LogP) is 2.68. The van der Waals surface area contributed by atoms with Crippen LogP contribution in [0.5, 0.6) is 0 Å². The Bertz CT molecular complexity index is 371. The molecule has 0 N–H and O–H groups in total. The smallest absolute Gasteiger partial charge is 0.175 e. The Labute approximate surface area is 97.1 Å². The minimum Gasteiger partial charge on any atom is -0.293 e. The number of benzene rings is 1. The van der Waals surface area contributed by atoms with Gasteiger partial charge in [-0.05, 0) is 24.3 Å². The van der Waals surface area contributed by atoms with Gasteiger partial charge in [0.1, 0.15) is 0 Å². The zero-order valence-corrected chi connectivity index (χ0v) is 10.3. The third-order valence-corrected chi connectivity index (χ3v) is 3.82. The second kappa shape index (κ2) is 5.42. The van der Waals surface area contributed by atoms with Crippen molar-refractivity contribution in [1.29, 1.82) is 0 Å². The Hall–Kier alpha value is -0.670. The summed E-state index contributed by atoms with van der Waals surface area (Å²) in [6, 6.07) is 6.63. The molecule has 0 aromatic heterocycles. The van der Waals surface area contributed by atoms with Crippen molar-refractivity contribution < 1.29 is 9.00 Å². The largest absolute Gasteiger partial charge is 0.293 e. The zero-order chi connectivity index (χ0) is 11.4. The Kier molecular flexibility index (Phi) is 4.48. The predicted molar refractivity (Wildman–Crippen MR) is 63.9 cm³/mol. The Balaban J connectivity index is 2.69. The molecule has 0 heterocycles. The molecule has 0 radical (unpaired) electrons. The molecule has 0 spiro atoms. The van der Waals surface area contributed by atoms with E-state index in [0.717, 1.165) is 0 Å². The zero-order valence-electron chi connectivity index (χ0n) is 8.70. The fourth-order valence-electron chi connectivity index (χ4n) is 1.01. The summed E-state index contributed by atoms with van der Waals surface area (Å²) in [5, 5.41) is 0.609. The van der Waals surface area contributed by atoms with Crippen LogP contribution in [0.2, 0.25) is 5.02 Å². The lowest BCUT2D eigenvalue weighted by atomic mass is 10.1. The van der Waals surface area contributed by atoms with Gasteiger partial charge in [-0.3, -0.25) is 9.00 Å². The molecule has 1 aromatic rings. The van der Waals surface area contributed by atoms with Gasteiger partial charge in [0.05, 0.1) is 5.75 Å². The number of Topliss-reactive ketones (excluding diaryl/α,β-unsaturated/α-hetero) is 1. The first-order valence-electron chi connectivity index (χ1n) is 4.66. The van der Waals surface area contributed by atoms with Crippen molar-refractivity contribution in [2.75, 3.05) is 5.75 Å². The van der Waals surface area contributed by atoms with Gasteiger partial charge in [0.2, 0.25) is 0 Å². The molecular weight excluding hydrogens is 232 g/mol. The summed E-state index contributed by atoms with van der Waals surface area (Å²) >= 11 is 5.70. The van der Waals surface area contributed by atoms with E-state index in [1.165, 1.54) is 0 Å². The van der Waals surface area contributed by atoms with Crippen LogP contribution in [0.25, 0.3) is 0 Å². The fraction of sp³-hybridized carbons (Fsp3) is 0.364. The maximum atomic E-state index is 11.6. The van der Waals surface area contributed by atoms with Crippen LogP contribution >= 0.6 is 11.6 Å². The van der Waals surface area contributed by atoms with Crippen LogP contribution in [0.1, 0.15) is 24.2 Å². The van der Waals surface area contributed by atoms with Crippen LogP contribution in [0.4, 0.5) is 0 Å². The van der Waals surface area contributed by atoms with Crippen LogP contribution in [0.15, 0.2) is 24.3 Å². The number of rotatable bonds is 4. The summed E-state index contributed by atoms with van der Waals surface area (Å²) in [5.74, 6) is -0.0158. The van der Waals surface area contributed by atoms with E-state index in [9.17, 15) is 9.00 Å². The van der Waals surface area contributed by atoms with Crippen molar-refractivity contribution in [3.05, 3.63) is 34.9 Å². The van der Waals surface area contributed by atoms with Gasteiger partial charge in [0.25, 0.3) is 0 Å². The van der Waals surface area contributed by atoms with E-state index in [2.05, 4.69) is 0 Å². The lowest BCUT2D eigenvalue weighted by Crippen LogP contribution is -2.17. The summed E-state index contributed by atoms with van der Waals surface area (Å²) in [6.45, 7) is 3.68. The van der Waals surface area contributed by atoms with Gasteiger partial charge in [-0.15, -0.1) is 0 Å². The standard InChI is InChI=1S/C11H13ClO2S/c1-8(2)15(14)7-11(13)9-3-5-10(12)6-4-9/h3-6,8H,7H2,1-2H3. The maximum Gasteiger partial charge on any atom is 0.175 e. The van der Waals surface area contributed by atoms with Crippen LogP contribution < -0.4 is 0 Å². The van der Waals surface area contributed by atoms with E-state index in [1.807, 2.05) is 13.8 Å². The highest BCUT2D eigenvalue weighted by Crippen LogP contribution is 2.10. The number of hydrogen-bond acceptors (Lipinski definition) is 2. The fourth-order valence-corrected chi connectivity index (χ4v) is 1.90. The monoisotopic (exact) mass is 244 g/mol. The molecule has 1 atom stereocenters. The second-order valence-electron chi connectivity index (χ2n) is 3.50. The van der Waals surface area contributed by atoms with Gasteiger partial charge >= 0.3 is 0 Å². The molecule has 0 aliphatic rings. The van der Waals surface area contributed by atoms with Crippen molar-refractivity contribution in [1.82, 2.24) is 0 Å². The molecule has 1 aromatic carbocycles. The van der Waals surface area contributed by atoms with Gasteiger partial charge in [0, 0.05) is 26.6 Å². The normalized spacial score (nSPS) is 12.8. The van der Waals surface area contributed by atoms with E-state index in [-0.39, 0.29) is 16.8 Å². The van der Waals surface area contributed by atoms with Crippen molar-refractivity contribution in [3.8, 4) is 0 Å². The highest BCUT2D eigenvalue weighted by atomic mass is 35.5. The first-order chi connectivity index (χ1) is 7.00. The van der Waals surface area contributed by atoms with Crippen molar-refractivity contribution in [3.63, 3.8) is 0 Å². The van der Waals surface area contributed by atoms with E-state index in [4.69, 9.17) is 11.6 Å². The second-order valence-corrected chi connectivity index (χ2v) is 5.93. The molecule has 1 rings (SSSR count). The third kappa shape index (κ3) is 3.76. The quantitative estimate of drug-likeness (QED) is 0.764. The van der Waals surface area contributed by atoms with Crippen molar-refractivity contribution in [2.45, 2.75) is 19.1 Å². The molecule has 0 aliphatic heterocycles. The molecule has 4 heteroatoms. The number of halogens is 1. The average molecular weight is 245 g/mol. The molecule has 15 heavy (non-hydrogen) atoms. The molecule has 0 aliphatic carbocycles. The Morgan fingerprint density at radius 1 is 1.33 bits per heavy atom.